The first-order valence-electron chi connectivity index (χ1n) is 8.13. The lowest BCUT2D eigenvalue weighted by Crippen LogP contribution is -2.46. The summed E-state index contributed by atoms with van der Waals surface area (Å²) in [5, 5.41) is 2.95. The van der Waals surface area contributed by atoms with Gasteiger partial charge in [-0.1, -0.05) is 12.1 Å². The van der Waals surface area contributed by atoms with Crippen LogP contribution in [0.1, 0.15) is 18.4 Å². The third-order valence-electron chi connectivity index (χ3n) is 4.39. The van der Waals surface area contributed by atoms with Gasteiger partial charge in [-0.3, -0.25) is 9.69 Å². The van der Waals surface area contributed by atoms with Crippen molar-refractivity contribution in [3.63, 3.8) is 0 Å². The first kappa shape index (κ1) is 15.5. The SMILES string of the molecule is CN1CCO[C@H](C(=O)Nc2ccc(CN3CCCC3)cc2)C1. The molecule has 1 amide bonds. The molecule has 120 valence electrons. The predicted octanol–water partition coefficient (Wildman–Crippen LogP) is 1.55. The number of morpholine rings is 1. The summed E-state index contributed by atoms with van der Waals surface area (Å²) >= 11 is 0. The van der Waals surface area contributed by atoms with Gasteiger partial charge in [-0.2, -0.15) is 0 Å². The second kappa shape index (κ2) is 7.22. The number of nitrogens with one attached hydrogen (secondary N) is 1. The van der Waals surface area contributed by atoms with Crippen molar-refractivity contribution in [3.05, 3.63) is 29.8 Å². The lowest BCUT2D eigenvalue weighted by Gasteiger charge is -2.29. The molecule has 3 rings (SSSR count). The third-order valence-corrected chi connectivity index (χ3v) is 4.39. The maximum atomic E-state index is 12.2. The molecule has 2 heterocycles. The van der Waals surface area contributed by atoms with Crippen LogP contribution in [0, 0.1) is 0 Å². The number of nitrogens with zero attached hydrogens (tertiary/aromatic N) is 2. The highest BCUT2D eigenvalue weighted by molar-refractivity contribution is 5.94. The van der Waals surface area contributed by atoms with Gasteiger partial charge >= 0.3 is 0 Å². The van der Waals surface area contributed by atoms with Gasteiger partial charge in [-0.05, 0) is 50.7 Å². The molecule has 1 aromatic rings. The van der Waals surface area contributed by atoms with Crippen molar-refractivity contribution in [1.29, 1.82) is 0 Å². The van der Waals surface area contributed by atoms with Crippen LogP contribution in [0.5, 0.6) is 0 Å². The Morgan fingerprint density at radius 1 is 1.23 bits per heavy atom. The molecule has 2 aliphatic heterocycles. The highest BCUT2D eigenvalue weighted by Crippen LogP contribution is 2.16. The van der Waals surface area contributed by atoms with Crippen LogP contribution in [0.15, 0.2) is 24.3 Å². The highest BCUT2D eigenvalue weighted by atomic mass is 16.5. The molecule has 2 fully saturated rings. The summed E-state index contributed by atoms with van der Waals surface area (Å²) < 4.78 is 5.53. The van der Waals surface area contributed by atoms with Gasteiger partial charge in [0.15, 0.2) is 0 Å². The predicted molar refractivity (Wildman–Crippen MR) is 86.8 cm³/mol. The zero-order valence-corrected chi connectivity index (χ0v) is 13.3. The number of carbonyl (C=O) groups is 1. The number of rotatable bonds is 4. The van der Waals surface area contributed by atoms with Gasteiger partial charge in [0, 0.05) is 25.3 Å². The van der Waals surface area contributed by atoms with Gasteiger partial charge in [0.2, 0.25) is 0 Å². The summed E-state index contributed by atoms with van der Waals surface area (Å²) in [6, 6.07) is 8.16. The van der Waals surface area contributed by atoms with Crippen LogP contribution >= 0.6 is 0 Å². The molecular formula is C17H25N3O2. The minimum Gasteiger partial charge on any atom is -0.366 e. The van der Waals surface area contributed by atoms with Crippen LogP contribution in [-0.2, 0) is 16.1 Å². The number of anilines is 1. The number of hydrogen-bond acceptors (Lipinski definition) is 4. The van der Waals surface area contributed by atoms with Crippen molar-refractivity contribution < 1.29 is 9.53 Å². The molecule has 0 bridgehead atoms. The molecule has 5 heteroatoms. The summed E-state index contributed by atoms with van der Waals surface area (Å²) in [5.74, 6) is -0.0566. The van der Waals surface area contributed by atoms with Crippen LogP contribution < -0.4 is 5.32 Å². The van der Waals surface area contributed by atoms with Gasteiger partial charge in [-0.15, -0.1) is 0 Å². The van der Waals surface area contributed by atoms with Crippen LogP contribution in [0.2, 0.25) is 0 Å². The molecule has 0 saturated carbocycles. The van der Waals surface area contributed by atoms with Crippen molar-refractivity contribution in [3.8, 4) is 0 Å². The molecule has 0 spiro atoms. The molecule has 0 aromatic heterocycles. The van der Waals surface area contributed by atoms with E-state index in [1.807, 2.05) is 19.2 Å². The average molecular weight is 303 g/mol. The second-order valence-electron chi connectivity index (χ2n) is 6.29. The molecule has 0 aliphatic carbocycles. The normalized spacial score (nSPS) is 23.6. The molecule has 22 heavy (non-hydrogen) atoms. The van der Waals surface area contributed by atoms with E-state index in [1.165, 1.54) is 31.5 Å². The number of benzene rings is 1. The second-order valence-corrected chi connectivity index (χ2v) is 6.29. The van der Waals surface area contributed by atoms with Gasteiger partial charge in [0.05, 0.1) is 6.61 Å². The summed E-state index contributed by atoms with van der Waals surface area (Å²) in [6.07, 6.45) is 2.25. The maximum absolute atomic E-state index is 12.2. The Morgan fingerprint density at radius 2 is 1.95 bits per heavy atom. The number of hydrogen-bond donors (Lipinski definition) is 1. The standard InChI is InChI=1S/C17H25N3O2/c1-19-10-11-22-16(13-19)17(21)18-15-6-4-14(5-7-15)12-20-8-2-3-9-20/h4-7,16H,2-3,8-13H2,1H3,(H,18,21)/t16-/m0/s1. The summed E-state index contributed by atoms with van der Waals surface area (Å²) in [6.45, 7) is 5.55. The minimum atomic E-state index is -0.372. The average Bonchev–Trinajstić information content (AvgIpc) is 3.02. The Bertz CT molecular complexity index is 497. The van der Waals surface area contributed by atoms with E-state index in [0.717, 1.165) is 18.8 Å². The van der Waals surface area contributed by atoms with E-state index < -0.39 is 0 Å². The van der Waals surface area contributed by atoms with Crippen molar-refractivity contribution in [2.75, 3.05) is 45.2 Å². The van der Waals surface area contributed by atoms with E-state index in [4.69, 9.17) is 4.74 Å². The van der Waals surface area contributed by atoms with Crippen molar-refractivity contribution >= 4 is 11.6 Å². The Labute approximate surface area is 132 Å². The number of carbonyl (C=O) groups excluding carboxylic acids is 1. The van der Waals surface area contributed by atoms with Crippen molar-refractivity contribution in [2.45, 2.75) is 25.5 Å². The monoisotopic (exact) mass is 303 g/mol. The maximum Gasteiger partial charge on any atom is 0.254 e. The number of likely N-dealkylation sites (N-methyl/N-ethyl adjacent to an activating group) is 1. The van der Waals surface area contributed by atoms with Gasteiger partial charge < -0.3 is 15.0 Å². The van der Waals surface area contributed by atoms with Crippen molar-refractivity contribution in [1.82, 2.24) is 9.80 Å². The quantitative estimate of drug-likeness (QED) is 0.917. The van der Waals surface area contributed by atoms with Crippen LogP contribution in [0.3, 0.4) is 0 Å². The first-order chi connectivity index (χ1) is 10.7. The van der Waals surface area contributed by atoms with Crippen LogP contribution in [-0.4, -0.2) is 61.6 Å². The summed E-state index contributed by atoms with van der Waals surface area (Å²) in [4.78, 5) is 16.8. The van der Waals surface area contributed by atoms with E-state index >= 15 is 0 Å². The Hall–Kier alpha value is -1.43. The molecule has 5 nitrogen and oxygen atoms in total. The molecule has 2 saturated heterocycles. The van der Waals surface area contributed by atoms with E-state index in [0.29, 0.717) is 13.2 Å². The van der Waals surface area contributed by atoms with E-state index in [2.05, 4.69) is 27.2 Å². The molecule has 1 N–H and O–H groups in total. The van der Waals surface area contributed by atoms with Gasteiger partial charge in [0.1, 0.15) is 6.10 Å². The molecule has 1 aromatic carbocycles. The molecule has 0 radical (unpaired) electrons. The van der Waals surface area contributed by atoms with Crippen molar-refractivity contribution in [2.24, 2.45) is 0 Å². The van der Waals surface area contributed by atoms with Gasteiger partial charge in [0.25, 0.3) is 5.91 Å². The lowest BCUT2D eigenvalue weighted by atomic mass is 10.2. The highest BCUT2D eigenvalue weighted by Gasteiger charge is 2.24. The topological polar surface area (TPSA) is 44.8 Å². The largest absolute Gasteiger partial charge is 0.366 e. The Morgan fingerprint density at radius 3 is 2.64 bits per heavy atom. The van der Waals surface area contributed by atoms with E-state index in [-0.39, 0.29) is 12.0 Å². The van der Waals surface area contributed by atoms with E-state index in [9.17, 15) is 4.79 Å². The van der Waals surface area contributed by atoms with Gasteiger partial charge in [-0.25, -0.2) is 0 Å². The molecular weight excluding hydrogens is 278 g/mol. The molecule has 0 unspecified atom stereocenters. The smallest absolute Gasteiger partial charge is 0.254 e. The fourth-order valence-electron chi connectivity index (χ4n) is 3.05. The van der Waals surface area contributed by atoms with E-state index in [1.54, 1.807) is 0 Å². The third kappa shape index (κ3) is 4.06. The first-order valence-corrected chi connectivity index (χ1v) is 8.13. The summed E-state index contributed by atoms with van der Waals surface area (Å²) in [5.41, 5.74) is 2.14. The Kier molecular flexibility index (Phi) is 5.08. The fourth-order valence-corrected chi connectivity index (χ4v) is 3.05. The minimum absolute atomic E-state index is 0.0566. The number of amides is 1. The lowest BCUT2D eigenvalue weighted by molar-refractivity contribution is -0.132. The van der Waals surface area contributed by atoms with Crippen LogP contribution in [0.25, 0.3) is 0 Å². The number of ether oxygens (including phenoxy) is 1. The zero-order chi connectivity index (χ0) is 15.4. The molecule has 2 aliphatic rings. The van der Waals surface area contributed by atoms with Crippen LogP contribution in [0.4, 0.5) is 5.69 Å². The number of likely N-dealkylation sites (tertiary alicyclic amines) is 1. The Balaban J connectivity index is 1.52. The summed E-state index contributed by atoms with van der Waals surface area (Å²) in [7, 11) is 2.01. The fraction of sp³-hybridized carbons (Fsp3) is 0.588. The molecule has 1 atom stereocenters. The zero-order valence-electron chi connectivity index (χ0n) is 13.3.